The average Bonchev–Trinajstić information content (AvgIpc) is 3.37. The maximum Gasteiger partial charge on any atom is 0.405 e. The zero-order valence-corrected chi connectivity index (χ0v) is 24.6. The Morgan fingerprint density at radius 1 is 0.739 bits per heavy atom. The van der Waals surface area contributed by atoms with E-state index in [0.717, 1.165) is 11.1 Å². The van der Waals surface area contributed by atoms with Crippen molar-refractivity contribution in [2.24, 2.45) is 0 Å². The molecule has 2 amide bonds. The largest absolute Gasteiger partial charge is 0.405 e. The average molecular weight is 622 g/mol. The highest BCUT2D eigenvalue weighted by Gasteiger charge is 2.49. The van der Waals surface area contributed by atoms with Crippen LogP contribution in [-0.2, 0) is 10.2 Å². The van der Waals surface area contributed by atoms with Crippen LogP contribution in [0.5, 0.6) is 0 Å². The quantitative estimate of drug-likeness (QED) is 0.143. The molecule has 46 heavy (non-hydrogen) atoms. The number of benzene rings is 3. The second-order valence-electron chi connectivity index (χ2n) is 11.0. The highest BCUT2D eigenvalue weighted by molar-refractivity contribution is 6.08. The van der Waals surface area contributed by atoms with Gasteiger partial charge in [-0.05, 0) is 65.4 Å². The predicted octanol–water partition coefficient (Wildman–Crippen LogP) is 7.23. The van der Waals surface area contributed by atoms with E-state index in [9.17, 15) is 22.8 Å². The molecule has 3 N–H and O–H groups in total. The fourth-order valence-corrected chi connectivity index (χ4v) is 6.05. The number of fused-ring (bicyclic) bond motifs is 3. The molecule has 0 bridgehead atoms. The van der Waals surface area contributed by atoms with E-state index in [1.165, 1.54) is 0 Å². The van der Waals surface area contributed by atoms with Gasteiger partial charge >= 0.3 is 6.18 Å². The van der Waals surface area contributed by atoms with Gasteiger partial charge < -0.3 is 16.0 Å². The number of carbonyl (C=O) groups excluding carboxylic acids is 2. The summed E-state index contributed by atoms with van der Waals surface area (Å²) >= 11 is 0. The Morgan fingerprint density at radius 3 is 2.02 bits per heavy atom. The molecule has 0 fully saturated rings. The Morgan fingerprint density at radius 2 is 1.39 bits per heavy atom. The first-order chi connectivity index (χ1) is 22.3. The molecule has 0 radical (unpaired) electrons. The second-order valence-corrected chi connectivity index (χ2v) is 11.0. The molecule has 0 spiro atoms. The molecule has 3 aromatic carbocycles. The maximum atomic E-state index is 13.7. The van der Waals surface area contributed by atoms with Crippen LogP contribution < -0.4 is 16.0 Å². The third-order valence-corrected chi connectivity index (χ3v) is 8.08. The SMILES string of the molecule is O=C(Nc1ccc(NCCCC2(C(=O)NCC(F)(F)F)c3ccccc3-c3ccccc32)cn1)c1ccccc1-c1ccccn1. The van der Waals surface area contributed by atoms with E-state index in [4.69, 9.17) is 0 Å². The molecular formula is C36H30F3N5O2. The normalized spacial score (nSPS) is 12.9. The van der Waals surface area contributed by atoms with Crippen LogP contribution in [0.15, 0.2) is 116 Å². The summed E-state index contributed by atoms with van der Waals surface area (Å²) in [5, 5.41) is 8.26. The van der Waals surface area contributed by atoms with Gasteiger partial charge in [0.2, 0.25) is 5.91 Å². The molecule has 10 heteroatoms. The second kappa shape index (κ2) is 12.8. The first kappa shape index (κ1) is 30.5. The number of rotatable bonds is 10. The molecule has 5 aromatic rings. The molecule has 0 atom stereocenters. The Hall–Kier alpha value is -5.51. The highest BCUT2D eigenvalue weighted by atomic mass is 19.4. The molecule has 2 heterocycles. The fourth-order valence-electron chi connectivity index (χ4n) is 6.05. The van der Waals surface area contributed by atoms with Gasteiger partial charge in [-0.1, -0.05) is 72.8 Å². The van der Waals surface area contributed by atoms with Gasteiger partial charge in [-0.3, -0.25) is 14.6 Å². The summed E-state index contributed by atoms with van der Waals surface area (Å²) in [5.41, 5.74) is 4.36. The van der Waals surface area contributed by atoms with Gasteiger partial charge in [0.05, 0.1) is 17.6 Å². The Kier molecular flexibility index (Phi) is 8.52. The van der Waals surface area contributed by atoms with Crippen molar-refractivity contribution in [2.75, 3.05) is 23.7 Å². The van der Waals surface area contributed by atoms with Crippen molar-refractivity contribution < 1.29 is 22.8 Å². The number of halogens is 3. The topological polar surface area (TPSA) is 96.0 Å². The first-order valence-corrected chi connectivity index (χ1v) is 14.8. The molecule has 7 nitrogen and oxygen atoms in total. The minimum absolute atomic E-state index is 0.287. The van der Waals surface area contributed by atoms with Gasteiger partial charge in [-0.2, -0.15) is 13.2 Å². The predicted molar refractivity (Wildman–Crippen MR) is 171 cm³/mol. The molecule has 0 saturated heterocycles. The van der Waals surface area contributed by atoms with Crippen molar-refractivity contribution in [2.45, 2.75) is 24.4 Å². The molecule has 1 aliphatic carbocycles. The number of nitrogens with one attached hydrogen (secondary N) is 3. The summed E-state index contributed by atoms with van der Waals surface area (Å²) in [6, 6.07) is 30.9. The smallest absolute Gasteiger partial charge is 0.384 e. The molecule has 0 aliphatic heterocycles. The monoisotopic (exact) mass is 621 g/mol. The number of amides is 2. The summed E-state index contributed by atoms with van der Waals surface area (Å²) < 4.78 is 39.4. The zero-order valence-electron chi connectivity index (χ0n) is 24.6. The maximum absolute atomic E-state index is 13.7. The summed E-state index contributed by atoms with van der Waals surface area (Å²) in [6.45, 7) is -0.969. The number of hydrogen-bond acceptors (Lipinski definition) is 5. The number of aromatic nitrogens is 2. The van der Waals surface area contributed by atoms with Crippen LogP contribution >= 0.6 is 0 Å². The van der Waals surface area contributed by atoms with Crippen molar-refractivity contribution in [3.63, 3.8) is 0 Å². The van der Waals surface area contributed by atoms with Gasteiger partial charge in [0.1, 0.15) is 17.8 Å². The standard InChI is InChI=1S/C36H30F3N5O2/c37-36(38,39)23-43-34(46)35(29-14-5-3-10-25(29)26-11-4-6-15-30(26)35)19-9-21-40-24-17-18-32(42-22-24)44-33(45)28-13-2-1-12-27(28)31-16-7-8-20-41-31/h1-8,10-18,20,22,40H,9,19,21,23H2,(H,43,46)(H,42,44,45). The van der Waals surface area contributed by atoms with Gasteiger partial charge in [-0.15, -0.1) is 0 Å². The minimum Gasteiger partial charge on any atom is -0.384 e. The van der Waals surface area contributed by atoms with Crippen LogP contribution in [0.3, 0.4) is 0 Å². The number of hydrogen-bond donors (Lipinski definition) is 3. The van der Waals surface area contributed by atoms with E-state index in [-0.39, 0.29) is 12.3 Å². The number of carbonyl (C=O) groups is 2. The molecule has 0 saturated carbocycles. The van der Waals surface area contributed by atoms with Gasteiger partial charge in [-0.25, -0.2) is 4.98 Å². The fraction of sp³-hybridized carbons (Fsp3) is 0.167. The third kappa shape index (κ3) is 6.19. The van der Waals surface area contributed by atoms with Gasteiger partial charge in [0.15, 0.2) is 0 Å². The van der Waals surface area contributed by atoms with Crippen LogP contribution in [0.4, 0.5) is 24.7 Å². The van der Waals surface area contributed by atoms with E-state index in [2.05, 4.69) is 25.9 Å². The molecule has 0 unspecified atom stereocenters. The van der Waals surface area contributed by atoms with Crippen LogP contribution in [-0.4, -0.2) is 41.0 Å². The molecular weight excluding hydrogens is 591 g/mol. The third-order valence-electron chi connectivity index (χ3n) is 8.08. The van der Waals surface area contributed by atoms with E-state index in [1.807, 2.05) is 66.7 Å². The molecule has 2 aromatic heterocycles. The van der Waals surface area contributed by atoms with Crippen molar-refractivity contribution in [1.82, 2.24) is 15.3 Å². The van der Waals surface area contributed by atoms with E-state index in [1.54, 1.807) is 48.8 Å². The number of pyridine rings is 2. The van der Waals surface area contributed by atoms with Gasteiger partial charge in [0, 0.05) is 23.9 Å². The summed E-state index contributed by atoms with van der Waals surface area (Å²) in [6.07, 6.45) is -0.505. The number of nitrogens with zero attached hydrogens (tertiary/aromatic N) is 2. The Bertz CT molecular complexity index is 1810. The summed E-state index contributed by atoms with van der Waals surface area (Å²) in [7, 11) is 0. The lowest BCUT2D eigenvalue weighted by molar-refractivity contribution is -0.141. The lowest BCUT2D eigenvalue weighted by Gasteiger charge is -2.31. The van der Waals surface area contributed by atoms with Crippen LogP contribution in [0.25, 0.3) is 22.4 Å². The highest BCUT2D eigenvalue weighted by Crippen LogP contribution is 2.51. The lowest BCUT2D eigenvalue weighted by Crippen LogP contribution is -2.47. The minimum atomic E-state index is -4.53. The first-order valence-electron chi connectivity index (χ1n) is 14.8. The van der Waals surface area contributed by atoms with E-state index >= 15 is 0 Å². The molecule has 232 valence electrons. The van der Waals surface area contributed by atoms with Crippen molar-refractivity contribution in [3.8, 4) is 22.4 Å². The van der Waals surface area contributed by atoms with E-state index in [0.29, 0.717) is 52.4 Å². The number of alkyl halides is 3. The zero-order chi connectivity index (χ0) is 32.1. The van der Waals surface area contributed by atoms with Crippen molar-refractivity contribution in [3.05, 3.63) is 132 Å². The Balaban J connectivity index is 1.13. The summed E-state index contributed by atoms with van der Waals surface area (Å²) in [4.78, 5) is 35.5. The summed E-state index contributed by atoms with van der Waals surface area (Å²) in [5.74, 6) is -0.625. The van der Waals surface area contributed by atoms with Crippen molar-refractivity contribution >= 4 is 23.3 Å². The van der Waals surface area contributed by atoms with E-state index < -0.39 is 24.0 Å². The Labute approximate surface area is 263 Å². The van der Waals surface area contributed by atoms with Gasteiger partial charge in [0.25, 0.3) is 5.91 Å². The number of anilines is 2. The van der Waals surface area contributed by atoms with Crippen LogP contribution in [0, 0.1) is 0 Å². The molecule has 6 rings (SSSR count). The lowest BCUT2D eigenvalue weighted by atomic mass is 9.73. The van der Waals surface area contributed by atoms with Crippen LogP contribution in [0.1, 0.15) is 34.3 Å². The van der Waals surface area contributed by atoms with Crippen LogP contribution in [0.2, 0.25) is 0 Å². The van der Waals surface area contributed by atoms with Crippen molar-refractivity contribution in [1.29, 1.82) is 0 Å². The molecule has 1 aliphatic rings.